The molecular formula is C26H57BrP+. The van der Waals surface area contributed by atoms with E-state index in [2.05, 4.69) is 43.6 Å². The Morgan fingerprint density at radius 1 is 0.500 bits per heavy atom. The zero-order chi connectivity index (χ0) is 20.2. The molecule has 0 aromatic carbocycles. The molecule has 0 spiro atoms. The Morgan fingerprint density at radius 3 is 1.29 bits per heavy atom. The first-order valence-electron chi connectivity index (χ1n) is 12.8. The Hall–Kier alpha value is 0.910. The van der Waals surface area contributed by atoms with E-state index in [-0.39, 0.29) is 9.90 Å². The first-order chi connectivity index (χ1) is 13.1. The third-order valence-electron chi connectivity index (χ3n) is 6.44. The van der Waals surface area contributed by atoms with Crippen LogP contribution in [0.3, 0.4) is 0 Å². The van der Waals surface area contributed by atoms with Gasteiger partial charge in [-0.15, -0.1) is 0 Å². The minimum Gasteiger partial charge on any atom is -0.0850 e. The van der Waals surface area contributed by atoms with Gasteiger partial charge in [-0.2, -0.15) is 0 Å². The first-order valence-corrected chi connectivity index (χ1v) is 13.6. The lowest BCUT2D eigenvalue weighted by Crippen LogP contribution is -2.32. The van der Waals surface area contributed by atoms with Gasteiger partial charge in [-0.1, -0.05) is 146 Å². The molecule has 0 rings (SSSR count). The number of hydrogen-bond acceptors (Lipinski definition) is 0. The van der Waals surface area contributed by atoms with Crippen LogP contribution in [0.4, 0.5) is 0 Å². The molecule has 28 heavy (non-hydrogen) atoms. The summed E-state index contributed by atoms with van der Waals surface area (Å²) in [5.41, 5.74) is 0. The second kappa shape index (κ2) is 22.6. The van der Waals surface area contributed by atoms with Gasteiger partial charge in [0, 0.05) is 4.32 Å². The highest BCUT2D eigenvalue weighted by molar-refractivity contribution is 9.10. The molecule has 0 aromatic heterocycles. The molecule has 0 aromatic rings. The normalized spacial score (nSPS) is 12.8. The van der Waals surface area contributed by atoms with Gasteiger partial charge in [-0.05, 0) is 41.5 Å². The van der Waals surface area contributed by atoms with Gasteiger partial charge in [-0.3, -0.25) is 0 Å². The lowest BCUT2D eigenvalue weighted by Gasteiger charge is -2.37. The second-order valence-electron chi connectivity index (χ2n) is 9.05. The highest BCUT2D eigenvalue weighted by atomic mass is 79.9. The van der Waals surface area contributed by atoms with Gasteiger partial charge in [0.05, 0.1) is 0 Å². The van der Waals surface area contributed by atoms with Crippen molar-refractivity contribution in [3.63, 3.8) is 0 Å². The molecule has 2 heteroatoms. The molecule has 2 atom stereocenters. The number of alkyl halides is 1. The zero-order valence-electron chi connectivity index (χ0n) is 20.6. The summed E-state index contributed by atoms with van der Waals surface area (Å²) in [4.78, 5) is 0. The molecule has 0 saturated carbocycles. The molecular weight excluding hydrogens is 423 g/mol. The average molecular weight is 481 g/mol. The Labute approximate surface area is 191 Å². The van der Waals surface area contributed by atoms with Crippen LogP contribution in [-0.4, -0.2) is 4.32 Å². The number of hydrogen-bond donors (Lipinski definition) is 0. The van der Waals surface area contributed by atoms with Crippen LogP contribution in [0.2, 0.25) is 0 Å². The largest absolute Gasteiger partial charge is 0.0850 e. The summed E-state index contributed by atoms with van der Waals surface area (Å²) in [7, 11) is 0. The van der Waals surface area contributed by atoms with Crippen LogP contribution in [0.5, 0.6) is 0 Å². The Kier molecular flexibility index (Phi) is 25.1. The molecule has 0 fully saturated rings. The summed E-state index contributed by atoms with van der Waals surface area (Å²) >= 11 is 4.31. The molecule has 0 aliphatic rings. The van der Waals surface area contributed by atoms with E-state index in [9.17, 15) is 0 Å². The SMILES string of the molecule is CCCCCCCCCCCCC(CCCC)C(Br)(CCCC)CCCC.[PH4+]. The molecule has 0 aliphatic carbocycles. The van der Waals surface area contributed by atoms with Crippen molar-refractivity contribution in [2.24, 2.45) is 5.92 Å². The molecule has 0 saturated heterocycles. The maximum atomic E-state index is 4.31. The Bertz CT molecular complexity index is 284. The van der Waals surface area contributed by atoms with Gasteiger partial charge in [0.1, 0.15) is 0 Å². The maximum Gasteiger partial charge on any atom is 0.0286 e. The third kappa shape index (κ3) is 16.7. The van der Waals surface area contributed by atoms with Gasteiger partial charge < -0.3 is 0 Å². The predicted octanol–water partition coefficient (Wildman–Crippen LogP) is 10.4. The predicted molar refractivity (Wildman–Crippen MR) is 143 cm³/mol. The van der Waals surface area contributed by atoms with Crippen molar-refractivity contribution in [2.75, 3.05) is 0 Å². The summed E-state index contributed by atoms with van der Waals surface area (Å²) in [6.45, 7) is 9.35. The molecule has 172 valence electrons. The van der Waals surface area contributed by atoms with Gasteiger partial charge in [0.15, 0.2) is 0 Å². The topological polar surface area (TPSA) is 0 Å². The van der Waals surface area contributed by atoms with Crippen LogP contribution in [0.25, 0.3) is 0 Å². The third-order valence-corrected chi connectivity index (χ3v) is 7.88. The van der Waals surface area contributed by atoms with Crippen molar-refractivity contribution in [3.8, 4) is 0 Å². The zero-order valence-corrected chi connectivity index (χ0v) is 24.2. The van der Waals surface area contributed by atoms with Crippen LogP contribution in [0.15, 0.2) is 0 Å². The quantitative estimate of drug-likeness (QED) is 0.0870. The molecule has 0 heterocycles. The number of rotatable bonds is 21. The Balaban J connectivity index is 0. The smallest absolute Gasteiger partial charge is 0.0286 e. The lowest BCUT2D eigenvalue weighted by molar-refractivity contribution is 0.282. The summed E-state index contributed by atoms with van der Waals surface area (Å²) in [6.07, 6.45) is 28.4. The van der Waals surface area contributed by atoms with Crippen molar-refractivity contribution in [1.29, 1.82) is 0 Å². The van der Waals surface area contributed by atoms with E-state index in [4.69, 9.17) is 0 Å². The average Bonchev–Trinajstić information content (AvgIpc) is 2.68. The molecule has 0 radical (unpaired) electrons. The fourth-order valence-electron chi connectivity index (χ4n) is 4.46. The molecule has 2 unspecified atom stereocenters. The van der Waals surface area contributed by atoms with Crippen LogP contribution < -0.4 is 0 Å². The van der Waals surface area contributed by atoms with Crippen molar-refractivity contribution >= 4 is 25.8 Å². The number of halogens is 1. The van der Waals surface area contributed by atoms with Gasteiger partial charge in [0.2, 0.25) is 0 Å². The highest BCUT2D eigenvalue weighted by Crippen LogP contribution is 2.43. The van der Waals surface area contributed by atoms with Gasteiger partial charge in [-0.25, -0.2) is 0 Å². The van der Waals surface area contributed by atoms with E-state index >= 15 is 0 Å². The van der Waals surface area contributed by atoms with E-state index < -0.39 is 0 Å². The number of unbranched alkanes of at least 4 members (excludes halogenated alkanes) is 12. The summed E-state index contributed by atoms with van der Waals surface area (Å²) in [5.74, 6) is 0.893. The minimum atomic E-state index is 0. The van der Waals surface area contributed by atoms with Crippen LogP contribution in [-0.2, 0) is 0 Å². The molecule has 0 amide bonds. The minimum absolute atomic E-state index is 0. The van der Waals surface area contributed by atoms with E-state index in [1.807, 2.05) is 0 Å². The second-order valence-corrected chi connectivity index (χ2v) is 10.6. The van der Waals surface area contributed by atoms with Crippen LogP contribution in [0.1, 0.15) is 156 Å². The van der Waals surface area contributed by atoms with E-state index in [1.54, 1.807) is 0 Å². The molecule has 0 bridgehead atoms. The Morgan fingerprint density at radius 2 is 0.857 bits per heavy atom. The monoisotopic (exact) mass is 479 g/mol. The van der Waals surface area contributed by atoms with Crippen molar-refractivity contribution in [2.45, 2.75) is 160 Å². The first kappa shape index (κ1) is 31.1. The summed E-state index contributed by atoms with van der Waals surface area (Å²) in [6, 6.07) is 0. The van der Waals surface area contributed by atoms with Gasteiger partial charge >= 0.3 is 0 Å². The molecule has 0 aliphatic heterocycles. The van der Waals surface area contributed by atoms with E-state index in [0.29, 0.717) is 4.32 Å². The summed E-state index contributed by atoms with van der Waals surface area (Å²) < 4.78 is 0.424. The lowest BCUT2D eigenvalue weighted by atomic mass is 9.78. The van der Waals surface area contributed by atoms with Crippen LogP contribution in [0, 0.1) is 5.92 Å². The molecule has 0 nitrogen and oxygen atoms in total. The maximum absolute atomic E-state index is 4.31. The van der Waals surface area contributed by atoms with Crippen molar-refractivity contribution in [1.82, 2.24) is 0 Å². The van der Waals surface area contributed by atoms with Crippen molar-refractivity contribution < 1.29 is 0 Å². The van der Waals surface area contributed by atoms with Crippen LogP contribution >= 0.6 is 25.8 Å². The fraction of sp³-hybridized carbons (Fsp3) is 1.00. The van der Waals surface area contributed by atoms with Gasteiger partial charge in [0.25, 0.3) is 0 Å². The van der Waals surface area contributed by atoms with E-state index in [1.165, 1.54) is 128 Å². The van der Waals surface area contributed by atoms with E-state index in [0.717, 1.165) is 5.92 Å². The fourth-order valence-corrected chi connectivity index (χ4v) is 5.48. The molecule has 0 N–H and O–H groups in total. The highest BCUT2D eigenvalue weighted by Gasteiger charge is 2.34. The standard InChI is InChI=1S/C26H53Br.H3P/c1-5-9-13-14-15-16-17-18-19-20-22-25(21-10-6-2)26(27,23-11-7-3)24-12-8-4;/h25H,5-24H2,1-4H3;1H3/p+1. The van der Waals surface area contributed by atoms with Crippen molar-refractivity contribution in [3.05, 3.63) is 0 Å². The summed E-state index contributed by atoms with van der Waals surface area (Å²) in [5, 5.41) is 0.